The summed E-state index contributed by atoms with van der Waals surface area (Å²) in [6, 6.07) is 3.09. The number of nitrogens with zero attached hydrogens (tertiary/aromatic N) is 3. The van der Waals surface area contributed by atoms with E-state index in [0.717, 1.165) is 10.7 Å². The van der Waals surface area contributed by atoms with Crippen molar-refractivity contribution < 1.29 is 9.59 Å². The third-order valence-electron chi connectivity index (χ3n) is 3.12. The van der Waals surface area contributed by atoms with Gasteiger partial charge in [0.25, 0.3) is 0 Å². The Morgan fingerprint density at radius 2 is 2.17 bits per heavy atom. The molecule has 0 aliphatic rings. The zero-order valence-corrected chi connectivity index (χ0v) is 14.8. The zero-order chi connectivity index (χ0) is 17.0. The lowest BCUT2D eigenvalue weighted by Crippen LogP contribution is -2.42. The first-order valence-electron chi connectivity index (χ1n) is 7.18. The monoisotopic (exact) mass is 353 g/mol. The predicted molar refractivity (Wildman–Crippen MR) is 91.2 cm³/mol. The molecule has 3 N–H and O–H groups in total. The van der Waals surface area contributed by atoms with Crippen LogP contribution in [-0.2, 0) is 11.3 Å². The van der Waals surface area contributed by atoms with Gasteiger partial charge in [-0.1, -0.05) is 31.7 Å². The molecule has 0 unspecified atom stereocenters. The van der Waals surface area contributed by atoms with Crippen LogP contribution in [0.25, 0.3) is 10.7 Å². The highest BCUT2D eigenvalue weighted by molar-refractivity contribution is 8.00. The number of carbonyl (C=O) groups is 2. The molecule has 7 nitrogen and oxygen atoms in total. The molecule has 23 heavy (non-hydrogen) atoms. The van der Waals surface area contributed by atoms with Gasteiger partial charge in [-0.15, -0.1) is 21.5 Å². The molecule has 2 aromatic heterocycles. The number of hydrogen-bond donors (Lipinski definition) is 2. The van der Waals surface area contributed by atoms with Crippen LogP contribution in [0, 0.1) is 5.92 Å². The number of carbonyl (C=O) groups excluding carboxylic acids is 2. The molecule has 0 aliphatic heterocycles. The zero-order valence-electron chi connectivity index (χ0n) is 13.1. The van der Waals surface area contributed by atoms with Gasteiger partial charge in [0.05, 0.1) is 10.1 Å². The quantitative estimate of drug-likeness (QED) is 0.776. The number of imide groups is 1. The lowest BCUT2D eigenvalue weighted by atomic mass is 10.1. The van der Waals surface area contributed by atoms with Gasteiger partial charge >= 0.3 is 6.03 Å². The molecule has 2 heterocycles. The van der Waals surface area contributed by atoms with Gasteiger partial charge in [-0.25, -0.2) is 4.79 Å². The standard InChI is InChI=1S/C14H19N5O2S2/c1-4-19-11(9-6-5-7-22-9)17-18-14(19)23-10(8(2)3)12(20)16-13(15)21/h5-8,10H,4H2,1-3H3,(H3,15,16,20,21)/t10-/m1/s1. The number of rotatable bonds is 6. The number of thioether (sulfide) groups is 1. The van der Waals surface area contributed by atoms with Gasteiger partial charge in [-0.2, -0.15) is 0 Å². The largest absolute Gasteiger partial charge is 0.351 e. The molecule has 9 heteroatoms. The summed E-state index contributed by atoms with van der Waals surface area (Å²) in [6.45, 7) is 6.50. The van der Waals surface area contributed by atoms with Crippen molar-refractivity contribution in [2.75, 3.05) is 0 Å². The highest BCUT2D eigenvalue weighted by atomic mass is 32.2. The van der Waals surface area contributed by atoms with Crippen LogP contribution in [0.1, 0.15) is 20.8 Å². The lowest BCUT2D eigenvalue weighted by molar-refractivity contribution is -0.120. The summed E-state index contributed by atoms with van der Waals surface area (Å²) in [5.74, 6) is 0.371. The van der Waals surface area contributed by atoms with Gasteiger partial charge in [0, 0.05) is 6.54 Å². The molecule has 0 aliphatic carbocycles. The number of nitrogens with one attached hydrogen (secondary N) is 1. The molecule has 0 fully saturated rings. The Morgan fingerprint density at radius 1 is 1.43 bits per heavy atom. The second kappa shape index (κ2) is 7.60. The molecule has 2 aromatic rings. The number of thiophene rings is 1. The van der Waals surface area contributed by atoms with Crippen molar-refractivity contribution in [2.45, 2.75) is 37.7 Å². The smallest absolute Gasteiger partial charge is 0.318 e. The number of hydrogen-bond acceptors (Lipinski definition) is 6. The van der Waals surface area contributed by atoms with Gasteiger partial charge in [0.2, 0.25) is 5.91 Å². The maximum atomic E-state index is 12.1. The van der Waals surface area contributed by atoms with Crippen molar-refractivity contribution in [3.63, 3.8) is 0 Å². The van der Waals surface area contributed by atoms with Crippen molar-refractivity contribution >= 4 is 35.0 Å². The maximum absolute atomic E-state index is 12.1. The Morgan fingerprint density at radius 3 is 2.70 bits per heavy atom. The molecule has 0 aromatic carbocycles. The number of nitrogens with two attached hydrogens (primary N) is 1. The average molecular weight is 353 g/mol. The van der Waals surface area contributed by atoms with Crippen molar-refractivity contribution in [3.8, 4) is 10.7 Å². The van der Waals surface area contributed by atoms with Crippen LogP contribution < -0.4 is 11.1 Å². The molecule has 0 saturated carbocycles. The number of amides is 3. The summed E-state index contributed by atoms with van der Waals surface area (Å²) < 4.78 is 1.96. The summed E-state index contributed by atoms with van der Waals surface area (Å²) >= 11 is 2.88. The molecule has 2 rings (SSSR count). The first-order chi connectivity index (χ1) is 10.9. The first-order valence-corrected chi connectivity index (χ1v) is 8.94. The Kier molecular flexibility index (Phi) is 5.78. The second-order valence-corrected chi connectivity index (χ2v) is 7.22. The number of aromatic nitrogens is 3. The Hall–Kier alpha value is -1.87. The minimum Gasteiger partial charge on any atom is -0.351 e. The summed E-state index contributed by atoms with van der Waals surface area (Å²) in [7, 11) is 0. The van der Waals surface area contributed by atoms with Crippen LogP contribution in [0.4, 0.5) is 4.79 Å². The summed E-state index contributed by atoms with van der Waals surface area (Å²) in [6.07, 6.45) is 0. The van der Waals surface area contributed by atoms with Crippen LogP contribution >= 0.6 is 23.1 Å². The van der Waals surface area contributed by atoms with Crippen LogP contribution in [-0.4, -0.2) is 32.0 Å². The van der Waals surface area contributed by atoms with E-state index in [1.54, 1.807) is 11.3 Å². The van der Waals surface area contributed by atoms with Crippen LogP contribution in [0.3, 0.4) is 0 Å². The lowest BCUT2D eigenvalue weighted by Gasteiger charge is -2.18. The topological polar surface area (TPSA) is 103 Å². The average Bonchev–Trinajstić information content (AvgIpc) is 3.11. The Bertz CT molecular complexity index is 681. The van der Waals surface area contributed by atoms with E-state index in [2.05, 4.69) is 15.5 Å². The highest BCUT2D eigenvalue weighted by Gasteiger charge is 2.27. The van der Waals surface area contributed by atoms with E-state index < -0.39 is 17.2 Å². The molecular weight excluding hydrogens is 334 g/mol. The van der Waals surface area contributed by atoms with Crippen molar-refractivity contribution in [1.82, 2.24) is 20.1 Å². The molecular formula is C14H19N5O2S2. The fourth-order valence-corrected chi connectivity index (χ4v) is 3.86. The van der Waals surface area contributed by atoms with Crippen LogP contribution in [0.5, 0.6) is 0 Å². The van der Waals surface area contributed by atoms with E-state index in [4.69, 9.17) is 5.73 Å². The van der Waals surface area contributed by atoms with E-state index in [9.17, 15) is 9.59 Å². The fourth-order valence-electron chi connectivity index (χ4n) is 2.05. The minimum absolute atomic E-state index is 0.00606. The van der Waals surface area contributed by atoms with Gasteiger partial charge in [0.1, 0.15) is 0 Å². The first kappa shape index (κ1) is 17.5. The number of urea groups is 1. The molecule has 0 spiro atoms. The van der Waals surface area contributed by atoms with E-state index in [1.807, 2.05) is 42.9 Å². The van der Waals surface area contributed by atoms with Gasteiger partial charge in [-0.05, 0) is 24.3 Å². The minimum atomic E-state index is -0.850. The molecule has 124 valence electrons. The molecule has 0 bridgehead atoms. The molecule has 0 radical (unpaired) electrons. The molecule has 0 saturated heterocycles. The van der Waals surface area contributed by atoms with Crippen molar-refractivity contribution in [2.24, 2.45) is 11.7 Å². The maximum Gasteiger partial charge on any atom is 0.318 e. The van der Waals surface area contributed by atoms with Gasteiger partial charge in [0.15, 0.2) is 11.0 Å². The summed E-state index contributed by atoms with van der Waals surface area (Å²) in [5, 5.41) is 12.7. The summed E-state index contributed by atoms with van der Waals surface area (Å²) in [4.78, 5) is 24.1. The van der Waals surface area contributed by atoms with Gasteiger partial charge < -0.3 is 10.3 Å². The number of primary amides is 1. The van der Waals surface area contributed by atoms with E-state index in [1.165, 1.54) is 11.8 Å². The fraction of sp³-hybridized carbons (Fsp3) is 0.429. The predicted octanol–water partition coefficient (Wildman–Crippen LogP) is 2.34. The van der Waals surface area contributed by atoms with Crippen LogP contribution in [0.2, 0.25) is 0 Å². The third-order valence-corrected chi connectivity index (χ3v) is 5.51. The van der Waals surface area contributed by atoms with E-state index in [0.29, 0.717) is 11.7 Å². The Balaban J connectivity index is 2.27. The van der Waals surface area contributed by atoms with Crippen molar-refractivity contribution in [3.05, 3.63) is 17.5 Å². The van der Waals surface area contributed by atoms with Crippen molar-refractivity contribution in [1.29, 1.82) is 0 Å². The molecule has 3 amide bonds. The summed E-state index contributed by atoms with van der Waals surface area (Å²) in [5.41, 5.74) is 5.04. The molecule has 1 atom stereocenters. The van der Waals surface area contributed by atoms with E-state index >= 15 is 0 Å². The van der Waals surface area contributed by atoms with Crippen LogP contribution in [0.15, 0.2) is 22.7 Å². The second-order valence-electron chi connectivity index (χ2n) is 5.16. The highest BCUT2D eigenvalue weighted by Crippen LogP contribution is 2.31. The Labute approximate surface area is 142 Å². The third kappa shape index (κ3) is 4.11. The SMILES string of the molecule is CCn1c(S[C@@H](C(=O)NC(N)=O)C(C)C)nnc1-c1cccs1. The van der Waals surface area contributed by atoms with Gasteiger partial charge in [-0.3, -0.25) is 10.1 Å². The van der Waals surface area contributed by atoms with E-state index in [-0.39, 0.29) is 5.92 Å². The normalized spacial score (nSPS) is 12.3.